The molecule has 0 aromatic carbocycles. The van der Waals surface area contributed by atoms with Gasteiger partial charge in [-0.15, -0.1) is 0 Å². The number of Topliss-reactive ketones (excluding diaryl/α,β-unsaturated/α-hetero) is 1. The van der Waals surface area contributed by atoms with Crippen molar-refractivity contribution in [3.8, 4) is 0 Å². The highest BCUT2D eigenvalue weighted by atomic mass is 16.2. The number of carbonyl (C=O) groups excluding carboxylic acids is 2. The molecule has 0 aromatic rings. The first-order valence-electron chi connectivity index (χ1n) is 4.44. The third kappa shape index (κ3) is 2.06. The van der Waals surface area contributed by atoms with E-state index in [-0.39, 0.29) is 23.7 Å². The topological polar surface area (TPSA) is 46.2 Å². The highest BCUT2D eigenvalue weighted by Crippen LogP contribution is 2.21. The molecule has 0 spiro atoms. The lowest BCUT2D eigenvalue weighted by Gasteiger charge is -2.11. The van der Waals surface area contributed by atoms with Gasteiger partial charge in [0.1, 0.15) is 5.78 Å². The van der Waals surface area contributed by atoms with Gasteiger partial charge in [0, 0.05) is 12.5 Å². The van der Waals surface area contributed by atoms with Gasteiger partial charge < -0.3 is 5.32 Å². The van der Waals surface area contributed by atoms with Crippen molar-refractivity contribution in [2.24, 2.45) is 5.92 Å². The van der Waals surface area contributed by atoms with Crippen LogP contribution in [0.1, 0.15) is 33.1 Å². The minimum Gasteiger partial charge on any atom is -0.353 e. The number of ketones is 1. The van der Waals surface area contributed by atoms with E-state index in [4.69, 9.17) is 0 Å². The number of amides is 1. The molecule has 68 valence electrons. The molecular weight excluding hydrogens is 154 g/mol. The summed E-state index contributed by atoms with van der Waals surface area (Å²) < 4.78 is 0. The summed E-state index contributed by atoms with van der Waals surface area (Å²) >= 11 is 0. The highest BCUT2D eigenvalue weighted by molar-refractivity contribution is 6.02. The molecule has 0 bridgehead atoms. The normalized spacial score (nSPS) is 23.2. The Labute approximate surface area is 72.5 Å². The van der Waals surface area contributed by atoms with Crippen molar-refractivity contribution in [2.45, 2.75) is 39.2 Å². The summed E-state index contributed by atoms with van der Waals surface area (Å²) in [7, 11) is 0. The maximum absolute atomic E-state index is 11.3. The van der Waals surface area contributed by atoms with E-state index in [1.54, 1.807) is 0 Å². The Morgan fingerprint density at radius 2 is 2.25 bits per heavy atom. The summed E-state index contributed by atoms with van der Waals surface area (Å²) in [5, 5.41) is 2.76. The Kier molecular flexibility index (Phi) is 2.84. The third-order valence-corrected chi connectivity index (χ3v) is 2.05. The second-order valence-electron chi connectivity index (χ2n) is 3.57. The molecule has 0 saturated heterocycles. The molecule has 1 saturated carbocycles. The van der Waals surface area contributed by atoms with E-state index in [9.17, 15) is 9.59 Å². The quantitative estimate of drug-likeness (QED) is 0.624. The van der Waals surface area contributed by atoms with E-state index in [0.717, 1.165) is 12.8 Å². The molecule has 1 atom stereocenters. The average molecular weight is 169 g/mol. The number of hydrogen-bond donors (Lipinski definition) is 1. The van der Waals surface area contributed by atoms with Gasteiger partial charge in [0.05, 0.1) is 5.92 Å². The van der Waals surface area contributed by atoms with Crippen LogP contribution in [-0.2, 0) is 9.59 Å². The molecule has 1 unspecified atom stereocenters. The molecule has 0 heterocycles. The molecule has 3 nitrogen and oxygen atoms in total. The fourth-order valence-electron chi connectivity index (χ4n) is 1.48. The molecule has 1 fully saturated rings. The molecule has 1 aliphatic carbocycles. The SMILES string of the molecule is CC(C)NC(=O)C1CCCC1=O. The van der Waals surface area contributed by atoms with Gasteiger partial charge in [-0.1, -0.05) is 0 Å². The van der Waals surface area contributed by atoms with Crippen molar-refractivity contribution in [2.75, 3.05) is 0 Å². The van der Waals surface area contributed by atoms with Crippen LogP contribution in [-0.4, -0.2) is 17.7 Å². The molecule has 1 aliphatic rings. The minimum atomic E-state index is -0.354. The van der Waals surface area contributed by atoms with E-state index in [1.807, 2.05) is 13.8 Å². The number of rotatable bonds is 2. The number of carbonyl (C=O) groups is 2. The standard InChI is InChI=1S/C9H15NO2/c1-6(2)10-9(12)7-4-3-5-8(7)11/h6-7H,3-5H2,1-2H3,(H,10,12). The van der Waals surface area contributed by atoms with E-state index >= 15 is 0 Å². The van der Waals surface area contributed by atoms with Crippen LogP contribution in [0.5, 0.6) is 0 Å². The summed E-state index contributed by atoms with van der Waals surface area (Å²) in [6.45, 7) is 3.80. The van der Waals surface area contributed by atoms with Gasteiger partial charge in [-0.3, -0.25) is 9.59 Å². The van der Waals surface area contributed by atoms with Crippen molar-refractivity contribution in [3.63, 3.8) is 0 Å². The first-order valence-corrected chi connectivity index (χ1v) is 4.44. The van der Waals surface area contributed by atoms with Crippen LogP contribution in [0.3, 0.4) is 0 Å². The van der Waals surface area contributed by atoms with Crippen molar-refractivity contribution >= 4 is 11.7 Å². The molecule has 1 rings (SSSR count). The fraction of sp³-hybridized carbons (Fsp3) is 0.778. The van der Waals surface area contributed by atoms with Crippen molar-refractivity contribution in [3.05, 3.63) is 0 Å². The highest BCUT2D eigenvalue weighted by Gasteiger charge is 2.30. The molecule has 1 amide bonds. The first kappa shape index (κ1) is 9.23. The summed E-state index contributed by atoms with van der Waals surface area (Å²) in [6.07, 6.45) is 2.18. The maximum Gasteiger partial charge on any atom is 0.230 e. The Hall–Kier alpha value is -0.860. The molecule has 1 N–H and O–H groups in total. The van der Waals surface area contributed by atoms with Gasteiger partial charge in [-0.05, 0) is 26.7 Å². The van der Waals surface area contributed by atoms with Gasteiger partial charge in [0.15, 0.2) is 0 Å². The summed E-state index contributed by atoms with van der Waals surface area (Å²) in [5.41, 5.74) is 0. The van der Waals surface area contributed by atoms with Crippen LogP contribution in [0.15, 0.2) is 0 Å². The Morgan fingerprint density at radius 3 is 2.67 bits per heavy atom. The van der Waals surface area contributed by atoms with E-state index in [0.29, 0.717) is 6.42 Å². The van der Waals surface area contributed by atoms with Crippen LogP contribution < -0.4 is 5.32 Å². The van der Waals surface area contributed by atoms with Crippen LogP contribution in [0, 0.1) is 5.92 Å². The molecule has 0 radical (unpaired) electrons. The lowest BCUT2D eigenvalue weighted by Crippen LogP contribution is -2.37. The van der Waals surface area contributed by atoms with Gasteiger partial charge in [0.2, 0.25) is 5.91 Å². The van der Waals surface area contributed by atoms with Crippen LogP contribution in [0.2, 0.25) is 0 Å². The van der Waals surface area contributed by atoms with Gasteiger partial charge in [0.25, 0.3) is 0 Å². The smallest absolute Gasteiger partial charge is 0.230 e. The van der Waals surface area contributed by atoms with Crippen LogP contribution >= 0.6 is 0 Å². The van der Waals surface area contributed by atoms with E-state index in [1.165, 1.54) is 0 Å². The van der Waals surface area contributed by atoms with Crippen LogP contribution in [0.25, 0.3) is 0 Å². The summed E-state index contributed by atoms with van der Waals surface area (Å²) in [4.78, 5) is 22.5. The zero-order valence-electron chi connectivity index (χ0n) is 7.59. The maximum atomic E-state index is 11.3. The molecular formula is C9H15NO2. The molecule has 0 aromatic heterocycles. The average Bonchev–Trinajstić information content (AvgIpc) is 2.33. The van der Waals surface area contributed by atoms with Crippen molar-refractivity contribution < 1.29 is 9.59 Å². The summed E-state index contributed by atoms with van der Waals surface area (Å²) in [5.74, 6) is -0.340. The minimum absolute atomic E-state index is 0.0903. The van der Waals surface area contributed by atoms with E-state index < -0.39 is 0 Å². The Morgan fingerprint density at radius 1 is 1.58 bits per heavy atom. The van der Waals surface area contributed by atoms with Crippen LogP contribution in [0.4, 0.5) is 0 Å². The lowest BCUT2D eigenvalue weighted by atomic mass is 10.1. The Bertz CT molecular complexity index is 199. The largest absolute Gasteiger partial charge is 0.353 e. The molecule has 12 heavy (non-hydrogen) atoms. The lowest BCUT2D eigenvalue weighted by molar-refractivity contribution is -0.132. The van der Waals surface area contributed by atoms with Gasteiger partial charge in [-0.25, -0.2) is 0 Å². The number of nitrogens with one attached hydrogen (secondary N) is 1. The fourth-order valence-corrected chi connectivity index (χ4v) is 1.48. The van der Waals surface area contributed by atoms with Crippen molar-refractivity contribution in [1.82, 2.24) is 5.32 Å². The second kappa shape index (κ2) is 3.70. The second-order valence-corrected chi connectivity index (χ2v) is 3.57. The third-order valence-electron chi connectivity index (χ3n) is 2.05. The number of hydrogen-bond acceptors (Lipinski definition) is 2. The predicted octanol–water partition coefficient (Wildman–Crippen LogP) is 0.880. The predicted molar refractivity (Wildman–Crippen MR) is 45.6 cm³/mol. The molecule has 3 heteroatoms. The zero-order chi connectivity index (χ0) is 9.14. The van der Waals surface area contributed by atoms with Gasteiger partial charge >= 0.3 is 0 Å². The monoisotopic (exact) mass is 169 g/mol. The van der Waals surface area contributed by atoms with Gasteiger partial charge in [-0.2, -0.15) is 0 Å². The molecule has 0 aliphatic heterocycles. The zero-order valence-corrected chi connectivity index (χ0v) is 7.59. The first-order chi connectivity index (χ1) is 5.61. The Balaban J connectivity index is 2.46. The van der Waals surface area contributed by atoms with E-state index in [2.05, 4.69) is 5.32 Å². The summed E-state index contributed by atoms with van der Waals surface area (Å²) in [6, 6.07) is 0.130. The van der Waals surface area contributed by atoms with Crippen molar-refractivity contribution in [1.29, 1.82) is 0 Å².